The highest BCUT2D eigenvalue weighted by atomic mass is 32.2. The van der Waals surface area contributed by atoms with Crippen molar-refractivity contribution in [3.63, 3.8) is 0 Å². The predicted octanol–water partition coefficient (Wildman–Crippen LogP) is 1.28. The molecule has 6 nitrogen and oxygen atoms in total. The van der Waals surface area contributed by atoms with E-state index in [9.17, 15) is 13.2 Å². The Morgan fingerprint density at radius 3 is 2.53 bits per heavy atom. The third-order valence-corrected chi connectivity index (χ3v) is 5.04. The Morgan fingerprint density at radius 2 is 1.95 bits per heavy atom. The lowest BCUT2D eigenvalue weighted by atomic mass is 10.1. The van der Waals surface area contributed by atoms with Gasteiger partial charge in [-0.05, 0) is 37.1 Å². The smallest absolute Gasteiger partial charge is 0.318 e. The molecule has 0 amide bonds. The van der Waals surface area contributed by atoms with Crippen LogP contribution in [0.5, 0.6) is 11.5 Å². The van der Waals surface area contributed by atoms with Crippen molar-refractivity contribution in [3.05, 3.63) is 23.3 Å². The second-order valence-electron chi connectivity index (χ2n) is 4.41. The molecule has 0 aromatic heterocycles. The van der Waals surface area contributed by atoms with Crippen LogP contribution in [0.3, 0.4) is 0 Å². The number of benzene rings is 1. The van der Waals surface area contributed by atoms with Crippen LogP contribution in [-0.4, -0.2) is 32.0 Å². The van der Waals surface area contributed by atoms with Gasteiger partial charge in [0.25, 0.3) is 0 Å². The van der Waals surface area contributed by atoms with E-state index in [1.807, 2.05) is 0 Å². The van der Waals surface area contributed by atoms with Gasteiger partial charge in [0.1, 0.15) is 5.75 Å². The molecule has 7 heteroatoms. The molecule has 1 aliphatic heterocycles. The number of aryl methyl sites for hydroxylation is 1. The van der Waals surface area contributed by atoms with Crippen LogP contribution in [0.4, 0.5) is 0 Å². The number of carbonyl (C=O) groups is 1. The summed E-state index contributed by atoms with van der Waals surface area (Å²) in [5.41, 5.74) is 1.26. The molecule has 0 fully saturated rings. The average molecular weight is 286 g/mol. The van der Waals surface area contributed by atoms with Gasteiger partial charge < -0.3 is 14.6 Å². The van der Waals surface area contributed by atoms with Crippen molar-refractivity contribution >= 4 is 15.8 Å². The summed E-state index contributed by atoms with van der Waals surface area (Å²) in [6.45, 7) is 3.33. The summed E-state index contributed by atoms with van der Waals surface area (Å²) in [5, 5.41) is 7.74. The van der Waals surface area contributed by atoms with Crippen LogP contribution >= 0.6 is 0 Å². The van der Waals surface area contributed by atoms with Gasteiger partial charge in [0.05, 0.1) is 5.25 Å². The van der Waals surface area contributed by atoms with Crippen molar-refractivity contribution < 1.29 is 27.8 Å². The molecule has 1 unspecified atom stereocenters. The molecule has 1 N–H and O–H groups in total. The lowest BCUT2D eigenvalue weighted by molar-refractivity contribution is -0.134. The van der Waals surface area contributed by atoms with Gasteiger partial charge in [-0.15, -0.1) is 0 Å². The highest BCUT2D eigenvalue weighted by molar-refractivity contribution is 7.92. The maximum Gasteiger partial charge on any atom is 0.318 e. The maximum absolute atomic E-state index is 11.9. The lowest BCUT2D eigenvalue weighted by Crippen LogP contribution is -2.20. The van der Waals surface area contributed by atoms with E-state index in [1.165, 1.54) is 6.92 Å². The second kappa shape index (κ2) is 4.73. The van der Waals surface area contributed by atoms with Crippen molar-refractivity contribution in [3.8, 4) is 11.5 Å². The van der Waals surface area contributed by atoms with Crippen LogP contribution in [0.1, 0.15) is 23.3 Å². The van der Waals surface area contributed by atoms with Crippen molar-refractivity contribution in [1.29, 1.82) is 0 Å². The van der Waals surface area contributed by atoms with E-state index < -0.39 is 26.8 Å². The fourth-order valence-corrected chi connectivity index (χ4v) is 3.22. The van der Waals surface area contributed by atoms with Crippen molar-refractivity contribution in [2.45, 2.75) is 19.1 Å². The Bertz CT molecular complexity index is 619. The fourth-order valence-electron chi connectivity index (χ4n) is 1.99. The Balaban J connectivity index is 2.39. The molecule has 0 radical (unpaired) electrons. The lowest BCUT2D eigenvalue weighted by Gasteiger charge is -2.15. The topological polar surface area (TPSA) is 89.9 Å². The van der Waals surface area contributed by atoms with Crippen LogP contribution in [-0.2, 0) is 14.6 Å². The molecule has 1 heterocycles. The van der Waals surface area contributed by atoms with Gasteiger partial charge >= 0.3 is 5.97 Å². The van der Waals surface area contributed by atoms with Gasteiger partial charge in [0.15, 0.2) is 21.3 Å². The summed E-state index contributed by atoms with van der Waals surface area (Å²) in [7, 11) is -3.75. The molecule has 0 aliphatic carbocycles. The first kappa shape index (κ1) is 13.7. The summed E-state index contributed by atoms with van der Waals surface area (Å²) in [6.07, 6.45) is 0. The first-order chi connectivity index (χ1) is 8.81. The van der Waals surface area contributed by atoms with Gasteiger partial charge in [-0.25, -0.2) is 8.42 Å². The van der Waals surface area contributed by atoms with Crippen molar-refractivity contribution in [2.75, 3.05) is 12.5 Å². The highest BCUT2D eigenvalue weighted by Crippen LogP contribution is 2.38. The minimum Gasteiger partial charge on any atom is -0.480 e. The normalized spacial score (nSPS) is 15.3. The molecule has 0 bridgehead atoms. The number of fused-ring (bicyclic) bond motifs is 1. The molecule has 0 saturated carbocycles. The Labute approximate surface area is 110 Å². The number of ether oxygens (including phenoxy) is 2. The van der Waals surface area contributed by atoms with Crippen LogP contribution in [0.25, 0.3) is 0 Å². The Morgan fingerprint density at radius 1 is 1.37 bits per heavy atom. The summed E-state index contributed by atoms with van der Waals surface area (Å²) >= 11 is 0. The third kappa shape index (κ3) is 2.65. The first-order valence-corrected chi connectivity index (χ1v) is 7.36. The molecule has 1 aliphatic rings. The van der Waals surface area contributed by atoms with Gasteiger partial charge in [-0.3, -0.25) is 4.79 Å². The summed E-state index contributed by atoms with van der Waals surface area (Å²) in [5.74, 6) is -1.19. The molecular formula is C12H14O6S. The van der Waals surface area contributed by atoms with E-state index in [4.69, 9.17) is 14.6 Å². The minimum absolute atomic E-state index is 0.106. The molecule has 19 heavy (non-hydrogen) atoms. The number of carboxylic acids is 1. The van der Waals surface area contributed by atoms with E-state index in [0.717, 1.165) is 5.56 Å². The summed E-state index contributed by atoms with van der Waals surface area (Å²) in [6, 6.07) is 3.30. The van der Waals surface area contributed by atoms with Crippen LogP contribution in [0, 0.1) is 6.92 Å². The van der Waals surface area contributed by atoms with E-state index in [0.29, 0.717) is 17.1 Å². The molecule has 104 valence electrons. The van der Waals surface area contributed by atoms with Gasteiger partial charge in [-0.2, -0.15) is 0 Å². The maximum atomic E-state index is 11.9. The van der Waals surface area contributed by atoms with E-state index in [2.05, 4.69) is 0 Å². The Hall–Kier alpha value is -1.76. The molecule has 0 saturated heterocycles. The monoisotopic (exact) mass is 286 g/mol. The number of sulfone groups is 1. The number of aliphatic carboxylic acids is 1. The minimum atomic E-state index is -3.75. The molecule has 2 rings (SSSR count). The van der Waals surface area contributed by atoms with Gasteiger partial charge in [0, 0.05) is 0 Å². The standard InChI is InChI=1S/C12H14O6S/c1-7-3-10-11(18-6-17-10)4-9(7)8(2)19(15,16)5-12(13)14/h3-4,8H,5-6H2,1-2H3,(H,13,14). The first-order valence-electron chi connectivity index (χ1n) is 5.65. The largest absolute Gasteiger partial charge is 0.480 e. The molecule has 1 aromatic rings. The van der Waals surface area contributed by atoms with E-state index in [1.54, 1.807) is 19.1 Å². The molecular weight excluding hydrogens is 272 g/mol. The van der Waals surface area contributed by atoms with E-state index in [-0.39, 0.29) is 6.79 Å². The molecule has 1 aromatic carbocycles. The number of hydrogen-bond donors (Lipinski definition) is 1. The average Bonchev–Trinajstić information content (AvgIpc) is 2.72. The predicted molar refractivity (Wildman–Crippen MR) is 67.1 cm³/mol. The highest BCUT2D eigenvalue weighted by Gasteiger charge is 2.28. The molecule has 0 spiro atoms. The van der Waals surface area contributed by atoms with Crippen LogP contribution in [0.15, 0.2) is 12.1 Å². The van der Waals surface area contributed by atoms with Gasteiger partial charge in [-0.1, -0.05) is 0 Å². The summed E-state index contributed by atoms with van der Waals surface area (Å²) < 4.78 is 34.3. The van der Waals surface area contributed by atoms with Gasteiger partial charge in [0.2, 0.25) is 6.79 Å². The van der Waals surface area contributed by atoms with E-state index >= 15 is 0 Å². The second-order valence-corrected chi connectivity index (χ2v) is 6.73. The zero-order valence-electron chi connectivity index (χ0n) is 10.5. The molecule has 1 atom stereocenters. The van der Waals surface area contributed by atoms with Crippen molar-refractivity contribution in [2.24, 2.45) is 0 Å². The number of rotatable bonds is 4. The zero-order chi connectivity index (χ0) is 14.2. The van der Waals surface area contributed by atoms with Crippen LogP contribution in [0.2, 0.25) is 0 Å². The fraction of sp³-hybridized carbons (Fsp3) is 0.417. The van der Waals surface area contributed by atoms with Crippen LogP contribution < -0.4 is 9.47 Å². The summed E-state index contributed by atoms with van der Waals surface area (Å²) in [4.78, 5) is 10.6. The Kier molecular flexibility index (Phi) is 3.40. The third-order valence-electron chi connectivity index (χ3n) is 3.06. The SMILES string of the molecule is Cc1cc2c(cc1C(C)S(=O)(=O)CC(=O)O)OCO2. The quantitative estimate of drug-likeness (QED) is 0.896. The number of carboxylic acid groups (broad SMARTS) is 1. The van der Waals surface area contributed by atoms with Crippen molar-refractivity contribution in [1.82, 2.24) is 0 Å². The zero-order valence-corrected chi connectivity index (χ0v) is 11.4. The number of hydrogen-bond acceptors (Lipinski definition) is 5.